The van der Waals surface area contributed by atoms with Crippen molar-refractivity contribution in [3.63, 3.8) is 0 Å². The molecule has 7 nitrogen and oxygen atoms in total. The molecule has 1 aromatic rings. The molecule has 0 aliphatic carbocycles. The van der Waals surface area contributed by atoms with Crippen LogP contribution in [0.5, 0.6) is 5.75 Å². The SMILES string of the molecule is COc1ccc([NH+](C)[O-])c(NCCNC(=O)OC(C)(C)C)c1. The zero-order chi connectivity index (χ0) is 16.8. The Labute approximate surface area is 131 Å². The van der Waals surface area contributed by atoms with Gasteiger partial charge in [0.05, 0.1) is 14.2 Å². The number of methoxy groups -OCH3 is 1. The number of carbonyl (C=O) groups excluding carboxylic acids is 1. The van der Waals surface area contributed by atoms with Crippen LogP contribution >= 0.6 is 0 Å². The molecule has 0 spiro atoms. The van der Waals surface area contributed by atoms with Gasteiger partial charge in [0.25, 0.3) is 0 Å². The van der Waals surface area contributed by atoms with Crippen molar-refractivity contribution in [3.05, 3.63) is 23.4 Å². The minimum Gasteiger partial charge on any atom is -0.629 e. The van der Waals surface area contributed by atoms with Gasteiger partial charge in [0, 0.05) is 25.2 Å². The summed E-state index contributed by atoms with van der Waals surface area (Å²) in [5.41, 5.74) is 0.738. The third-order valence-electron chi connectivity index (χ3n) is 2.71. The average Bonchev–Trinajstić information content (AvgIpc) is 2.41. The monoisotopic (exact) mass is 311 g/mol. The van der Waals surface area contributed by atoms with Gasteiger partial charge in [-0.3, -0.25) is 0 Å². The van der Waals surface area contributed by atoms with Gasteiger partial charge in [-0.1, -0.05) is 0 Å². The summed E-state index contributed by atoms with van der Waals surface area (Å²) in [5, 5.41) is 17.3. The van der Waals surface area contributed by atoms with Crippen LogP contribution in [-0.2, 0) is 4.74 Å². The van der Waals surface area contributed by atoms with E-state index in [9.17, 15) is 10.0 Å². The second kappa shape index (κ2) is 7.86. The van der Waals surface area contributed by atoms with Crippen LogP contribution in [0.1, 0.15) is 20.8 Å². The van der Waals surface area contributed by atoms with Crippen molar-refractivity contribution < 1.29 is 19.3 Å². The molecular formula is C15H25N3O4. The number of quaternary nitrogens is 1. The lowest BCUT2D eigenvalue weighted by Gasteiger charge is -2.21. The number of alkyl carbamates (subject to hydrolysis) is 1. The highest BCUT2D eigenvalue weighted by Crippen LogP contribution is 2.23. The van der Waals surface area contributed by atoms with Crippen molar-refractivity contribution in [1.82, 2.24) is 5.32 Å². The summed E-state index contributed by atoms with van der Waals surface area (Å²) < 4.78 is 10.3. The average molecular weight is 311 g/mol. The van der Waals surface area contributed by atoms with Crippen LogP contribution in [0.2, 0.25) is 0 Å². The molecule has 124 valence electrons. The fraction of sp³-hybridized carbons (Fsp3) is 0.533. The Kier molecular flexibility index (Phi) is 6.45. The standard InChI is InChI=1S/C15H25N3O4/c1-15(2,3)22-14(19)17-9-8-16-12-10-11(21-5)6-7-13(12)18(4)20/h6-7,10,16,18H,8-9H2,1-5H3,(H,17,19). The van der Waals surface area contributed by atoms with Crippen LogP contribution < -0.4 is 20.4 Å². The Morgan fingerprint density at radius 3 is 2.55 bits per heavy atom. The number of rotatable bonds is 6. The highest BCUT2D eigenvalue weighted by atomic mass is 16.6. The molecule has 0 aliphatic rings. The molecule has 1 rings (SSSR count). The molecule has 0 aliphatic heterocycles. The highest BCUT2D eigenvalue weighted by molar-refractivity contribution is 5.68. The number of hydrogen-bond donors (Lipinski definition) is 3. The van der Waals surface area contributed by atoms with Gasteiger partial charge in [0.1, 0.15) is 17.0 Å². The third kappa shape index (κ3) is 6.19. The van der Waals surface area contributed by atoms with Gasteiger partial charge in [-0.15, -0.1) is 0 Å². The normalized spacial score (nSPS) is 12.5. The van der Waals surface area contributed by atoms with E-state index in [2.05, 4.69) is 10.6 Å². The summed E-state index contributed by atoms with van der Waals surface area (Å²) in [5.74, 6) is 0.660. The van der Waals surface area contributed by atoms with Gasteiger partial charge in [-0.05, 0) is 26.8 Å². The number of hydroxylamine groups is 1. The lowest BCUT2D eigenvalue weighted by molar-refractivity contribution is -0.750. The molecule has 0 heterocycles. The largest absolute Gasteiger partial charge is 0.629 e. The molecule has 0 radical (unpaired) electrons. The van der Waals surface area contributed by atoms with Gasteiger partial charge >= 0.3 is 6.09 Å². The molecule has 1 aromatic carbocycles. The van der Waals surface area contributed by atoms with E-state index >= 15 is 0 Å². The van der Waals surface area contributed by atoms with Gasteiger partial charge in [0.15, 0.2) is 5.69 Å². The first kappa shape index (κ1) is 18.1. The van der Waals surface area contributed by atoms with Crippen molar-refractivity contribution in [3.8, 4) is 5.75 Å². The number of anilines is 1. The number of hydrogen-bond acceptors (Lipinski definition) is 5. The summed E-state index contributed by atoms with van der Waals surface area (Å²) in [6.45, 7) is 6.26. The maximum Gasteiger partial charge on any atom is 0.407 e. The van der Waals surface area contributed by atoms with E-state index in [1.807, 2.05) is 0 Å². The predicted molar refractivity (Wildman–Crippen MR) is 85.6 cm³/mol. The van der Waals surface area contributed by atoms with Crippen LogP contribution in [-0.4, -0.2) is 38.9 Å². The Morgan fingerprint density at radius 2 is 2.00 bits per heavy atom. The Balaban J connectivity index is 2.52. The number of carbonyl (C=O) groups is 1. The lowest BCUT2D eigenvalue weighted by atomic mass is 10.2. The van der Waals surface area contributed by atoms with E-state index in [0.29, 0.717) is 30.2 Å². The zero-order valence-electron chi connectivity index (χ0n) is 13.8. The molecule has 7 heteroatoms. The Morgan fingerprint density at radius 1 is 1.32 bits per heavy atom. The lowest BCUT2D eigenvalue weighted by Crippen LogP contribution is -2.98. The van der Waals surface area contributed by atoms with Crippen molar-refractivity contribution >= 4 is 17.5 Å². The topological polar surface area (TPSA) is 87.1 Å². The first-order valence-corrected chi connectivity index (χ1v) is 7.12. The summed E-state index contributed by atoms with van der Waals surface area (Å²) in [6, 6.07) is 5.20. The van der Waals surface area contributed by atoms with Crippen LogP contribution in [0.25, 0.3) is 0 Å². The van der Waals surface area contributed by atoms with E-state index < -0.39 is 11.7 Å². The maximum atomic E-state index is 11.6. The molecular weight excluding hydrogens is 286 g/mol. The summed E-state index contributed by atoms with van der Waals surface area (Å²) in [6.07, 6.45) is -0.466. The van der Waals surface area contributed by atoms with E-state index in [4.69, 9.17) is 9.47 Å². The fourth-order valence-corrected chi connectivity index (χ4v) is 1.78. The zero-order valence-corrected chi connectivity index (χ0v) is 13.8. The van der Waals surface area contributed by atoms with Crippen molar-refractivity contribution in [2.75, 3.05) is 32.6 Å². The number of benzene rings is 1. The van der Waals surface area contributed by atoms with Crippen LogP contribution in [0.4, 0.5) is 16.2 Å². The molecule has 0 aromatic heterocycles. The Bertz CT molecular complexity index is 498. The van der Waals surface area contributed by atoms with Crippen LogP contribution in [0.15, 0.2) is 18.2 Å². The van der Waals surface area contributed by atoms with Crippen molar-refractivity contribution in [2.24, 2.45) is 0 Å². The van der Waals surface area contributed by atoms with Gasteiger partial charge in [-0.25, -0.2) is 4.79 Å². The minimum absolute atomic E-state index is 0.0368. The van der Waals surface area contributed by atoms with Crippen molar-refractivity contribution in [1.29, 1.82) is 0 Å². The Hall–Kier alpha value is -1.99. The first-order chi connectivity index (χ1) is 10.2. The molecule has 0 bridgehead atoms. The minimum atomic E-state index is -0.522. The number of nitrogens with one attached hydrogen (secondary N) is 3. The van der Waals surface area contributed by atoms with E-state index in [-0.39, 0.29) is 5.06 Å². The predicted octanol–water partition coefficient (Wildman–Crippen LogP) is 1.28. The fourth-order valence-electron chi connectivity index (χ4n) is 1.78. The highest BCUT2D eigenvalue weighted by Gasteiger charge is 2.15. The maximum absolute atomic E-state index is 11.6. The van der Waals surface area contributed by atoms with E-state index in [0.717, 1.165) is 0 Å². The molecule has 1 amide bonds. The number of amides is 1. The molecule has 0 saturated carbocycles. The third-order valence-corrected chi connectivity index (χ3v) is 2.71. The molecule has 3 N–H and O–H groups in total. The molecule has 0 saturated heterocycles. The van der Waals surface area contributed by atoms with Crippen LogP contribution in [0, 0.1) is 5.21 Å². The summed E-state index contributed by atoms with van der Waals surface area (Å²) >= 11 is 0. The molecule has 1 atom stereocenters. The molecule has 22 heavy (non-hydrogen) atoms. The van der Waals surface area contributed by atoms with Gasteiger partial charge in [0.2, 0.25) is 0 Å². The van der Waals surface area contributed by atoms with Crippen LogP contribution in [0.3, 0.4) is 0 Å². The first-order valence-electron chi connectivity index (χ1n) is 7.12. The van der Waals surface area contributed by atoms with Crippen molar-refractivity contribution in [2.45, 2.75) is 26.4 Å². The quantitative estimate of drug-likeness (QED) is 0.544. The van der Waals surface area contributed by atoms with E-state index in [1.165, 1.54) is 7.05 Å². The second-order valence-corrected chi connectivity index (χ2v) is 5.82. The van der Waals surface area contributed by atoms with Gasteiger partial charge in [-0.2, -0.15) is 0 Å². The number of ether oxygens (including phenoxy) is 2. The van der Waals surface area contributed by atoms with E-state index in [1.54, 1.807) is 46.1 Å². The second-order valence-electron chi connectivity index (χ2n) is 5.82. The summed E-state index contributed by atoms with van der Waals surface area (Å²) in [7, 11) is 3.07. The molecule has 0 fully saturated rings. The van der Waals surface area contributed by atoms with Gasteiger partial charge < -0.3 is 30.4 Å². The summed E-state index contributed by atoms with van der Waals surface area (Å²) in [4.78, 5) is 11.5. The smallest absolute Gasteiger partial charge is 0.407 e. The molecule has 1 unspecified atom stereocenters.